The van der Waals surface area contributed by atoms with Crippen molar-refractivity contribution in [3.8, 4) is 50.6 Å². The largest absolute Gasteiger partial charge is 0.509 e. The van der Waals surface area contributed by atoms with Crippen molar-refractivity contribution < 1.29 is 10.2 Å². The first-order valence-corrected chi connectivity index (χ1v) is 23.2. The summed E-state index contributed by atoms with van der Waals surface area (Å²) >= 11 is 0. The number of nitrogens with zero attached hydrogens (tertiary/aromatic N) is 2. The van der Waals surface area contributed by atoms with Gasteiger partial charge < -0.3 is 10.2 Å². The van der Waals surface area contributed by atoms with Crippen LogP contribution in [0.1, 0.15) is 5.82 Å². The first-order chi connectivity index (χ1) is 30.6. The lowest BCUT2D eigenvalue weighted by atomic mass is 9.23. The molecule has 0 radical (unpaired) electrons. The van der Waals surface area contributed by atoms with Crippen LogP contribution in [0.25, 0.3) is 82.4 Å². The van der Waals surface area contributed by atoms with Crippen LogP contribution in [0.4, 0.5) is 0 Å². The summed E-state index contributed by atoms with van der Waals surface area (Å²) in [5.74, 6) is 1.50. The molecule has 1 aromatic heterocycles. The van der Waals surface area contributed by atoms with Crippen molar-refractivity contribution in [1.82, 2.24) is 9.55 Å². The lowest BCUT2D eigenvalue weighted by Crippen LogP contribution is -2.50. The highest BCUT2D eigenvalue weighted by Gasteiger charge is 2.38. The van der Waals surface area contributed by atoms with E-state index in [0.717, 1.165) is 33.7 Å². The molecule has 65 heavy (non-hydrogen) atoms. The van der Waals surface area contributed by atoms with Gasteiger partial charge in [-0.3, -0.25) is 4.57 Å². The van der Waals surface area contributed by atoms with E-state index in [0.29, 0.717) is 22.0 Å². The van der Waals surface area contributed by atoms with Crippen molar-refractivity contribution in [3.05, 3.63) is 90.8 Å². The summed E-state index contributed by atoms with van der Waals surface area (Å²) in [6.45, 7) is 0. The van der Waals surface area contributed by atoms with Gasteiger partial charge in [0.1, 0.15) is 119 Å². The van der Waals surface area contributed by atoms with E-state index in [4.69, 9.17) is 4.98 Å². The minimum atomic E-state index is -0.210. The van der Waals surface area contributed by atoms with E-state index in [1.54, 1.807) is 0 Å². The molecule has 0 aliphatic carbocycles. The smallest absolute Gasteiger partial charge is 0.145 e. The molecule has 8 aromatic carbocycles. The van der Waals surface area contributed by atoms with Crippen LogP contribution in [-0.2, 0) is 5.21 Å². The third-order valence-corrected chi connectivity index (χ3v) is 16.4. The van der Waals surface area contributed by atoms with Gasteiger partial charge in [-0.15, -0.1) is 27.0 Å². The van der Waals surface area contributed by atoms with Crippen LogP contribution >= 0.6 is 0 Å². The zero-order chi connectivity index (χ0) is 46.9. The number of aromatic nitrogens is 2. The zero-order valence-electron chi connectivity index (χ0n) is 41.4. The van der Waals surface area contributed by atoms with E-state index < -0.39 is 0 Å². The van der Waals surface area contributed by atoms with Gasteiger partial charge in [-0.1, -0.05) is 87.4 Å². The molecule has 0 spiro atoms. The van der Waals surface area contributed by atoms with Gasteiger partial charge in [0.25, 0.3) is 0 Å². The second kappa shape index (κ2) is 15.6. The maximum atomic E-state index is 12.0. The molecular formula is C45H48B16N2O2. The van der Waals surface area contributed by atoms with E-state index >= 15 is 0 Å². The summed E-state index contributed by atoms with van der Waals surface area (Å²) in [4.78, 5) is 5.29. The Morgan fingerprint density at radius 2 is 0.892 bits per heavy atom. The quantitative estimate of drug-likeness (QED) is 0.0998. The van der Waals surface area contributed by atoms with Crippen molar-refractivity contribution in [2.75, 3.05) is 0 Å². The maximum absolute atomic E-state index is 12.0. The second-order valence-electron chi connectivity index (χ2n) is 20.6. The SMILES string of the molecule is Bc1c(B)c(O)c(-c2ccccc2-c2c3c(B)c(B)c(B)c(B)c3c(-c3ccc4cc(-n5c(C(B)(B)C(B)(B)B)nc6ccccc65)ccc4c3)c3c(B)c(B)c(B)c(B)c23)c(B)c1O. The molecule has 0 aliphatic rings. The van der Waals surface area contributed by atoms with E-state index in [1.165, 1.54) is 92.7 Å². The summed E-state index contributed by atoms with van der Waals surface area (Å²) in [6, 6.07) is 30.9. The summed E-state index contributed by atoms with van der Waals surface area (Å²) in [6.07, 6.45) is 0. The van der Waals surface area contributed by atoms with Gasteiger partial charge >= 0.3 is 0 Å². The first-order valence-electron chi connectivity index (χ1n) is 23.2. The van der Waals surface area contributed by atoms with Crippen molar-refractivity contribution in [2.24, 2.45) is 0 Å². The predicted molar refractivity (Wildman–Crippen MR) is 330 cm³/mol. The number of hydrogen-bond acceptors (Lipinski definition) is 3. The van der Waals surface area contributed by atoms with E-state index in [-0.39, 0.29) is 21.8 Å². The van der Waals surface area contributed by atoms with Crippen LogP contribution < -0.4 is 60.1 Å². The van der Waals surface area contributed by atoms with Crippen LogP contribution in [0.5, 0.6) is 11.5 Å². The number of phenolic OH excluding ortho intramolecular Hbond substituents is 2. The monoisotopic (exact) mass is 825 g/mol. The number of para-hydroxylation sites is 2. The number of aromatic hydroxyl groups is 2. The molecule has 0 amide bonds. The number of fused-ring (bicyclic) bond motifs is 4. The summed E-state index contributed by atoms with van der Waals surface area (Å²) in [5.41, 5.74) is 21.8. The molecule has 0 bridgehead atoms. The third kappa shape index (κ3) is 6.54. The Morgan fingerprint density at radius 3 is 1.45 bits per heavy atom. The highest BCUT2D eigenvalue weighted by Crippen LogP contribution is 2.45. The second-order valence-corrected chi connectivity index (χ2v) is 20.6. The Kier molecular flexibility index (Phi) is 10.8. The third-order valence-electron chi connectivity index (χ3n) is 16.4. The minimum absolute atomic E-state index is 0.0226. The van der Waals surface area contributed by atoms with Gasteiger partial charge in [0, 0.05) is 11.3 Å². The Labute approximate surface area is 398 Å². The van der Waals surface area contributed by atoms with E-state index in [9.17, 15) is 10.2 Å². The van der Waals surface area contributed by atoms with Crippen LogP contribution in [0, 0.1) is 0 Å². The molecule has 298 valence electrons. The number of benzene rings is 8. The maximum Gasteiger partial charge on any atom is 0.145 e. The fraction of sp³-hybridized carbons (Fsp3) is 0.0444. The molecule has 0 saturated carbocycles. The van der Waals surface area contributed by atoms with Crippen LogP contribution in [0.3, 0.4) is 0 Å². The lowest BCUT2D eigenvalue weighted by molar-refractivity contribution is 0.472. The van der Waals surface area contributed by atoms with Crippen LogP contribution in [0.15, 0.2) is 84.9 Å². The van der Waals surface area contributed by atoms with Gasteiger partial charge in [-0.05, 0) is 101 Å². The average molecular weight is 822 g/mol. The van der Waals surface area contributed by atoms with Gasteiger partial charge in [0.2, 0.25) is 0 Å². The number of rotatable bonds is 6. The molecule has 9 aromatic rings. The fourth-order valence-corrected chi connectivity index (χ4v) is 10.6. The minimum Gasteiger partial charge on any atom is -0.509 e. The Morgan fingerprint density at radius 1 is 0.431 bits per heavy atom. The fourth-order valence-electron chi connectivity index (χ4n) is 10.6. The molecule has 0 unspecified atom stereocenters. The molecule has 0 atom stereocenters. The molecule has 1 heterocycles. The first kappa shape index (κ1) is 44.8. The number of imidazole rings is 1. The summed E-state index contributed by atoms with van der Waals surface area (Å²) < 4.78 is 2.38. The number of phenols is 2. The van der Waals surface area contributed by atoms with Gasteiger partial charge in [-0.25, -0.2) is 4.98 Å². The van der Waals surface area contributed by atoms with Crippen molar-refractivity contribution in [2.45, 2.75) is 10.3 Å². The van der Waals surface area contributed by atoms with Crippen molar-refractivity contribution in [1.29, 1.82) is 0 Å². The Bertz CT molecular complexity index is 3460. The summed E-state index contributed by atoms with van der Waals surface area (Å²) in [5, 5.41) is 30.5. The van der Waals surface area contributed by atoms with Crippen molar-refractivity contribution >= 4 is 229 Å². The van der Waals surface area contributed by atoms with Crippen LogP contribution in [0.2, 0.25) is 5.11 Å². The predicted octanol–water partition coefficient (Wildman–Crippen LogP) is -12.9. The van der Waals surface area contributed by atoms with Gasteiger partial charge in [0.05, 0.1) is 34.6 Å². The van der Waals surface area contributed by atoms with Crippen molar-refractivity contribution in [3.63, 3.8) is 0 Å². The zero-order valence-corrected chi connectivity index (χ0v) is 41.4. The molecule has 0 fully saturated rings. The summed E-state index contributed by atoms with van der Waals surface area (Å²) in [7, 11) is 35.5. The standard InChI is InChI=1S/C45H48B16N2O2/c46-30-26-23(17-10-9-16-14-18(12-11-15(16)13-17)63-22-8-4-3-7-21(22)62-43(63)44(57,58)45(59,60)61)27-29(33(49)38(54)36(52)31(27)47)24(28(26)32(48)37(53)35(30)51)19-5-1-2-6-20(19)25-34(50)42(65)40(56)39(55)41(25)64/h1-14,64-65H,46-61H2. The normalized spacial score (nSPS) is 12.2. The lowest BCUT2D eigenvalue weighted by Gasteiger charge is -2.39. The molecule has 4 nitrogen and oxygen atoms in total. The van der Waals surface area contributed by atoms with E-state index in [1.807, 2.05) is 29.6 Å². The Balaban J connectivity index is 1.39. The van der Waals surface area contributed by atoms with Crippen LogP contribution in [-0.4, -0.2) is 145 Å². The van der Waals surface area contributed by atoms with Gasteiger partial charge in [-0.2, -0.15) is 0 Å². The highest BCUT2D eigenvalue weighted by molar-refractivity contribution is 6.71. The molecule has 0 saturated heterocycles. The average Bonchev–Trinajstić information content (AvgIpc) is 3.69. The highest BCUT2D eigenvalue weighted by atomic mass is 16.3. The number of hydrogen-bond donors (Lipinski definition) is 2. The molecule has 2 N–H and O–H groups in total. The topological polar surface area (TPSA) is 58.3 Å². The van der Waals surface area contributed by atoms with Gasteiger partial charge in [0.15, 0.2) is 0 Å². The molecule has 20 heteroatoms. The molecular weight excluding hydrogens is 773 g/mol. The molecule has 9 rings (SSSR count). The van der Waals surface area contributed by atoms with E-state index in [2.05, 4.69) is 185 Å². The Hall–Kier alpha value is -5.35. The molecule has 0 aliphatic heterocycles.